The van der Waals surface area contributed by atoms with Gasteiger partial charge in [-0.1, -0.05) is 0 Å². The number of aromatic nitrogens is 2. The van der Waals surface area contributed by atoms with Gasteiger partial charge < -0.3 is 24.8 Å². The van der Waals surface area contributed by atoms with Crippen LogP contribution in [0.15, 0.2) is 12.4 Å². The van der Waals surface area contributed by atoms with Gasteiger partial charge in [0.2, 0.25) is 0 Å². The van der Waals surface area contributed by atoms with Crippen molar-refractivity contribution in [3.8, 4) is 0 Å². The SMILES string of the molecule is CN(C)C(=O)N1C[C@@H]2CN(CCc3ncc[nH]3)C[C@]2(C(=O)O)C1. The molecule has 23 heavy (non-hydrogen) atoms. The third-order valence-corrected chi connectivity index (χ3v) is 4.98. The molecular weight excluding hydrogens is 298 g/mol. The number of aromatic amines is 1. The van der Waals surface area contributed by atoms with Crippen LogP contribution in [0.4, 0.5) is 4.79 Å². The Kier molecular flexibility index (Phi) is 4.01. The number of carbonyl (C=O) groups is 2. The molecule has 8 heteroatoms. The highest BCUT2D eigenvalue weighted by atomic mass is 16.4. The number of nitrogens with zero attached hydrogens (tertiary/aromatic N) is 4. The molecule has 2 atom stereocenters. The molecule has 3 heterocycles. The van der Waals surface area contributed by atoms with E-state index in [0.29, 0.717) is 26.2 Å². The average Bonchev–Trinajstić information content (AvgIpc) is 3.18. The summed E-state index contributed by atoms with van der Waals surface area (Å²) in [7, 11) is 3.39. The van der Waals surface area contributed by atoms with Crippen LogP contribution < -0.4 is 0 Å². The van der Waals surface area contributed by atoms with Crippen LogP contribution in [-0.2, 0) is 11.2 Å². The molecule has 126 valence electrons. The molecule has 0 spiro atoms. The summed E-state index contributed by atoms with van der Waals surface area (Å²) in [5.74, 6) is 0.105. The van der Waals surface area contributed by atoms with Gasteiger partial charge in [-0.2, -0.15) is 0 Å². The molecule has 2 amide bonds. The number of hydrogen-bond donors (Lipinski definition) is 2. The van der Waals surface area contributed by atoms with Crippen molar-refractivity contribution in [2.24, 2.45) is 11.3 Å². The third-order valence-electron chi connectivity index (χ3n) is 4.98. The summed E-state index contributed by atoms with van der Waals surface area (Å²) in [4.78, 5) is 36.7. The van der Waals surface area contributed by atoms with E-state index < -0.39 is 11.4 Å². The van der Waals surface area contributed by atoms with Crippen molar-refractivity contribution < 1.29 is 14.7 Å². The molecule has 0 unspecified atom stereocenters. The van der Waals surface area contributed by atoms with Crippen LogP contribution in [0, 0.1) is 11.3 Å². The van der Waals surface area contributed by atoms with Crippen molar-refractivity contribution >= 4 is 12.0 Å². The number of nitrogens with one attached hydrogen (secondary N) is 1. The highest BCUT2D eigenvalue weighted by Crippen LogP contribution is 2.43. The molecule has 2 N–H and O–H groups in total. The van der Waals surface area contributed by atoms with E-state index in [-0.39, 0.29) is 11.9 Å². The molecule has 0 bridgehead atoms. The maximum absolute atomic E-state index is 12.1. The standard InChI is InChI=1S/C15H23N5O3/c1-18(2)14(23)20-8-11-7-19(6-3-12-16-4-5-17-12)9-15(11,10-20)13(21)22/h4-5,11H,3,6-10H2,1-2H3,(H,16,17)(H,21,22)/t11-,15-/m0/s1. The molecule has 2 fully saturated rings. The molecule has 2 saturated heterocycles. The lowest BCUT2D eigenvalue weighted by Crippen LogP contribution is -2.44. The van der Waals surface area contributed by atoms with E-state index in [1.165, 1.54) is 4.90 Å². The van der Waals surface area contributed by atoms with Crippen LogP contribution in [-0.4, -0.2) is 88.6 Å². The first kappa shape index (κ1) is 15.8. The Balaban J connectivity index is 1.66. The summed E-state index contributed by atoms with van der Waals surface area (Å²) in [6.07, 6.45) is 4.28. The van der Waals surface area contributed by atoms with E-state index in [2.05, 4.69) is 14.9 Å². The summed E-state index contributed by atoms with van der Waals surface area (Å²) < 4.78 is 0. The minimum atomic E-state index is -0.838. The van der Waals surface area contributed by atoms with Crippen molar-refractivity contribution in [3.63, 3.8) is 0 Å². The van der Waals surface area contributed by atoms with E-state index in [4.69, 9.17) is 0 Å². The molecule has 2 aliphatic heterocycles. The molecule has 0 aliphatic carbocycles. The number of carboxylic acids is 1. The molecule has 1 aromatic heterocycles. The van der Waals surface area contributed by atoms with Gasteiger partial charge in [-0.15, -0.1) is 0 Å². The van der Waals surface area contributed by atoms with Crippen molar-refractivity contribution in [1.82, 2.24) is 24.7 Å². The lowest BCUT2D eigenvalue weighted by molar-refractivity contribution is -0.148. The molecule has 8 nitrogen and oxygen atoms in total. The number of urea groups is 1. The molecule has 0 saturated carbocycles. The number of carboxylic acid groups (broad SMARTS) is 1. The van der Waals surface area contributed by atoms with E-state index in [0.717, 1.165) is 18.8 Å². The van der Waals surface area contributed by atoms with Crippen LogP contribution in [0.3, 0.4) is 0 Å². The minimum absolute atomic E-state index is 0.0134. The van der Waals surface area contributed by atoms with Gasteiger partial charge in [0.05, 0.1) is 0 Å². The molecule has 0 radical (unpaired) electrons. The summed E-state index contributed by atoms with van der Waals surface area (Å²) in [5.41, 5.74) is -0.838. The highest BCUT2D eigenvalue weighted by Gasteiger charge is 2.58. The zero-order valence-corrected chi connectivity index (χ0v) is 13.5. The first-order chi connectivity index (χ1) is 10.9. The van der Waals surface area contributed by atoms with Gasteiger partial charge in [-0.3, -0.25) is 4.79 Å². The second-order valence-electron chi connectivity index (χ2n) is 6.74. The van der Waals surface area contributed by atoms with E-state index >= 15 is 0 Å². The summed E-state index contributed by atoms with van der Waals surface area (Å²) in [6, 6.07) is -0.109. The van der Waals surface area contributed by atoms with Gasteiger partial charge in [0.1, 0.15) is 11.2 Å². The van der Waals surface area contributed by atoms with Gasteiger partial charge in [0.25, 0.3) is 0 Å². The maximum Gasteiger partial charge on any atom is 0.319 e. The first-order valence-corrected chi connectivity index (χ1v) is 7.82. The van der Waals surface area contributed by atoms with Crippen LogP contribution in [0.2, 0.25) is 0 Å². The number of likely N-dealkylation sites (tertiary alicyclic amines) is 2. The smallest absolute Gasteiger partial charge is 0.319 e. The zero-order chi connectivity index (χ0) is 16.6. The Morgan fingerprint density at radius 1 is 1.43 bits per heavy atom. The fraction of sp³-hybridized carbons (Fsp3) is 0.667. The number of carbonyl (C=O) groups excluding carboxylic acids is 1. The van der Waals surface area contributed by atoms with Crippen molar-refractivity contribution in [1.29, 1.82) is 0 Å². The Morgan fingerprint density at radius 2 is 2.22 bits per heavy atom. The second kappa shape index (κ2) is 5.84. The van der Waals surface area contributed by atoms with Crippen molar-refractivity contribution in [2.45, 2.75) is 6.42 Å². The van der Waals surface area contributed by atoms with E-state index in [1.807, 2.05) is 0 Å². The predicted octanol–water partition coefficient (Wildman–Crippen LogP) is -0.0478. The van der Waals surface area contributed by atoms with Crippen LogP contribution in [0.25, 0.3) is 0 Å². The largest absolute Gasteiger partial charge is 0.481 e. The lowest BCUT2D eigenvalue weighted by Gasteiger charge is -2.27. The van der Waals surface area contributed by atoms with Gasteiger partial charge in [-0.25, -0.2) is 9.78 Å². The monoisotopic (exact) mass is 321 g/mol. The van der Waals surface area contributed by atoms with Gasteiger partial charge in [-0.05, 0) is 0 Å². The predicted molar refractivity (Wildman–Crippen MR) is 82.9 cm³/mol. The second-order valence-corrected chi connectivity index (χ2v) is 6.74. The molecule has 1 aromatic rings. The van der Waals surface area contributed by atoms with Crippen LogP contribution >= 0.6 is 0 Å². The number of hydrogen-bond acceptors (Lipinski definition) is 4. The Hall–Kier alpha value is -2.09. The van der Waals surface area contributed by atoms with E-state index in [9.17, 15) is 14.7 Å². The molecule has 3 rings (SSSR count). The van der Waals surface area contributed by atoms with Gasteiger partial charge in [0, 0.05) is 71.6 Å². The van der Waals surface area contributed by atoms with Crippen LogP contribution in [0.5, 0.6) is 0 Å². The van der Waals surface area contributed by atoms with Gasteiger partial charge >= 0.3 is 12.0 Å². The van der Waals surface area contributed by atoms with Crippen LogP contribution in [0.1, 0.15) is 5.82 Å². The number of H-pyrrole nitrogens is 1. The fourth-order valence-corrected chi connectivity index (χ4v) is 3.77. The Labute approximate surface area is 135 Å². The number of fused-ring (bicyclic) bond motifs is 1. The highest BCUT2D eigenvalue weighted by molar-refractivity contribution is 5.80. The van der Waals surface area contributed by atoms with Crippen molar-refractivity contribution in [3.05, 3.63) is 18.2 Å². The maximum atomic E-state index is 12.1. The lowest BCUT2D eigenvalue weighted by atomic mass is 9.81. The molecule has 2 aliphatic rings. The number of imidazole rings is 1. The summed E-state index contributed by atoms with van der Waals surface area (Å²) in [5, 5.41) is 9.79. The third kappa shape index (κ3) is 2.78. The summed E-state index contributed by atoms with van der Waals surface area (Å²) >= 11 is 0. The number of aliphatic carboxylic acids is 1. The molecule has 0 aromatic carbocycles. The quantitative estimate of drug-likeness (QED) is 0.811. The van der Waals surface area contributed by atoms with Crippen molar-refractivity contribution in [2.75, 3.05) is 46.8 Å². The average molecular weight is 321 g/mol. The van der Waals surface area contributed by atoms with E-state index in [1.54, 1.807) is 31.4 Å². The number of rotatable bonds is 4. The Bertz CT molecular complexity index is 588. The first-order valence-electron chi connectivity index (χ1n) is 7.82. The topological polar surface area (TPSA) is 92.8 Å². The normalized spacial score (nSPS) is 27.2. The number of amides is 2. The fourth-order valence-electron chi connectivity index (χ4n) is 3.77. The Morgan fingerprint density at radius 3 is 2.78 bits per heavy atom. The minimum Gasteiger partial charge on any atom is -0.481 e. The van der Waals surface area contributed by atoms with Gasteiger partial charge in [0.15, 0.2) is 0 Å². The summed E-state index contributed by atoms with van der Waals surface area (Å²) in [6.45, 7) is 2.79. The molecular formula is C15H23N5O3. The zero-order valence-electron chi connectivity index (χ0n) is 13.5.